The molecule has 0 spiro atoms. The van der Waals surface area contributed by atoms with Gasteiger partial charge in [0.15, 0.2) is 0 Å². The molecule has 0 fully saturated rings. The van der Waals surface area contributed by atoms with Crippen LogP contribution in [-0.2, 0) is 0 Å². The number of carbonyl (C=O) groups is 1. The third kappa shape index (κ3) is 3.51. The van der Waals surface area contributed by atoms with Gasteiger partial charge in [-0.2, -0.15) is 0 Å². The lowest BCUT2D eigenvalue weighted by molar-refractivity contribution is 0.0742. The Hall–Kier alpha value is -2.53. The van der Waals surface area contributed by atoms with E-state index in [1.807, 2.05) is 48.7 Å². The van der Waals surface area contributed by atoms with Gasteiger partial charge in [0, 0.05) is 30.2 Å². The second-order valence-electron chi connectivity index (χ2n) is 5.58. The molecule has 24 heavy (non-hydrogen) atoms. The summed E-state index contributed by atoms with van der Waals surface area (Å²) in [5, 5.41) is 9.17. The molecule has 5 nitrogen and oxygen atoms in total. The molecular weight excluding hydrogens is 304 g/mol. The van der Waals surface area contributed by atoms with E-state index in [0.717, 1.165) is 22.8 Å². The highest BCUT2D eigenvalue weighted by Gasteiger charge is 2.21. The van der Waals surface area contributed by atoms with Crippen molar-refractivity contribution in [2.45, 2.75) is 13.8 Å². The molecule has 0 atom stereocenters. The van der Waals surface area contributed by atoms with Crippen LogP contribution in [0.4, 0.5) is 0 Å². The van der Waals surface area contributed by atoms with Gasteiger partial charge in [-0.15, -0.1) is 6.58 Å². The standard InChI is InChI=1S/C19H24N2O3/c1-5-10-20(11-12-22)19(23)18-13-14(2)21(15(18)3)16-6-8-17(24-4)9-7-16/h5-9,13,22H,1,10-12H2,2-4H3. The molecule has 1 N–H and O–H groups in total. The molecule has 0 aliphatic rings. The molecule has 128 valence electrons. The fourth-order valence-electron chi connectivity index (χ4n) is 2.83. The molecule has 0 bridgehead atoms. The molecule has 2 rings (SSSR count). The van der Waals surface area contributed by atoms with Crippen LogP contribution in [0.25, 0.3) is 5.69 Å². The number of carbonyl (C=O) groups excluding carboxylic acids is 1. The van der Waals surface area contributed by atoms with Crippen molar-refractivity contribution in [2.24, 2.45) is 0 Å². The van der Waals surface area contributed by atoms with Crippen LogP contribution in [0.2, 0.25) is 0 Å². The third-order valence-electron chi connectivity index (χ3n) is 4.00. The highest BCUT2D eigenvalue weighted by molar-refractivity contribution is 5.96. The normalized spacial score (nSPS) is 10.5. The maximum atomic E-state index is 12.8. The molecule has 0 saturated carbocycles. The largest absolute Gasteiger partial charge is 0.497 e. The number of ether oxygens (including phenoxy) is 1. The van der Waals surface area contributed by atoms with Crippen LogP contribution in [0.15, 0.2) is 43.0 Å². The van der Waals surface area contributed by atoms with Crippen LogP contribution in [0.1, 0.15) is 21.7 Å². The number of hydrogen-bond donors (Lipinski definition) is 1. The number of hydrogen-bond acceptors (Lipinski definition) is 3. The van der Waals surface area contributed by atoms with Crippen molar-refractivity contribution in [1.29, 1.82) is 0 Å². The fourth-order valence-corrected chi connectivity index (χ4v) is 2.83. The van der Waals surface area contributed by atoms with Crippen molar-refractivity contribution in [2.75, 3.05) is 26.8 Å². The summed E-state index contributed by atoms with van der Waals surface area (Å²) in [5.41, 5.74) is 3.46. The molecular formula is C19H24N2O3. The number of methoxy groups -OCH3 is 1. The van der Waals surface area contributed by atoms with Gasteiger partial charge in [-0.05, 0) is 44.2 Å². The van der Waals surface area contributed by atoms with E-state index in [0.29, 0.717) is 12.1 Å². The Bertz CT molecular complexity index is 717. The summed E-state index contributed by atoms with van der Waals surface area (Å²) in [5.74, 6) is 0.689. The molecule has 0 saturated heterocycles. The summed E-state index contributed by atoms with van der Waals surface area (Å²) in [4.78, 5) is 14.4. The van der Waals surface area contributed by atoms with Gasteiger partial charge in [-0.3, -0.25) is 4.79 Å². The van der Waals surface area contributed by atoms with Gasteiger partial charge in [0.05, 0.1) is 19.3 Å². The Balaban J connectivity index is 2.40. The molecule has 0 radical (unpaired) electrons. The van der Waals surface area contributed by atoms with Crippen molar-refractivity contribution < 1.29 is 14.6 Å². The monoisotopic (exact) mass is 328 g/mol. The average molecular weight is 328 g/mol. The second kappa shape index (κ2) is 7.84. The van der Waals surface area contributed by atoms with Crippen LogP contribution in [-0.4, -0.2) is 47.3 Å². The number of nitrogens with zero attached hydrogens (tertiary/aromatic N) is 2. The Kier molecular flexibility index (Phi) is 5.82. The number of benzene rings is 1. The van der Waals surface area contributed by atoms with Gasteiger partial charge < -0.3 is 19.3 Å². The molecule has 1 aromatic carbocycles. The molecule has 2 aromatic rings. The number of aryl methyl sites for hydroxylation is 1. The Morgan fingerprint density at radius 1 is 1.33 bits per heavy atom. The SMILES string of the molecule is C=CCN(CCO)C(=O)c1cc(C)n(-c2ccc(OC)cc2)c1C. The Labute approximate surface area is 142 Å². The van der Waals surface area contributed by atoms with Gasteiger partial charge in [-0.1, -0.05) is 6.08 Å². The maximum absolute atomic E-state index is 12.8. The third-order valence-corrected chi connectivity index (χ3v) is 4.00. The summed E-state index contributed by atoms with van der Waals surface area (Å²) in [6.07, 6.45) is 1.66. The first-order chi connectivity index (χ1) is 11.5. The van der Waals surface area contributed by atoms with Crippen LogP contribution < -0.4 is 4.74 Å². The molecule has 5 heteroatoms. The maximum Gasteiger partial charge on any atom is 0.256 e. The van der Waals surface area contributed by atoms with E-state index in [4.69, 9.17) is 4.74 Å². The summed E-state index contributed by atoms with van der Waals surface area (Å²) in [6, 6.07) is 9.59. The number of aromatic nitrogens is 1. The van der Waals surface area contributed by atoms with Crippen molar-refractivity contribution in [3.8, 4) is 11.4 Å². The number of aliphatic hydroxyl groups excluding tert-OH is 1. The van der Waals surface area contributed by atoms with E-state index in [1.165, 1.54) is 0 Å². The van der Waals surface area contributed by atoms with Crippen molar-refractivity contribution in [3.63, 3.8) is 0 Å². The lowest BCUT2D eigenvalue weighted by Crippen LogP contribution is -2.34. The molecule has 0 unspecified atom stereocenters. The van der Waals surface area contributed by atoms with Gasteiger partial charge >= 0.3 is 0 Å². The number of amides is 1. The summed E-state index contributed by atoms with van der Waals surface area (Å²) < 4.78 is 7.23. The zero-order chi connectivity index (χ0) is 17.7. The van der Waals surface area contributed by atoms with E-state index in [1.54, 1.807) is 18.1 Å². The average Bonchev–Trinajstić information content (AvgIpc) is 2.88. The second-order valence-corrected chi connectivity index (χ2v) is 5.58. The van der Waals surface area contributed by atoms with Crippen molar-refractivity contribution >= 4 is 5.91 Å². The number of rotatable bonds is 7. The van der Waals surface area contributed by atoms with Gasteiger partial charge in [0.2, 0.25) is 0 Å². The predicted molar refractivity (Wildman–Crippen MR) is 95.0 cm³/mol. The van der Waals surface area contributed by atoms with Crippen LogP contribution in [0.5, 0.6) is 5.75 Å². The molecule has 1 heterocycles. The minimum Gasteiger partial charge on any atom is -0.497 e. The van der Waals surface area contributed by atoms with Crippen molar-refractivity contribution in [1.82, 2.24) is 9.47 Å². The lowest BCUT2D eigenvalue weighted by atomic mass is 10.2. The fraction of sp³-hybridized carbons (Fsp3) is 0.316. The van der Waals surface area contributed by atoms with Crippen LogP contribution >= 0.6 is 0 Å². The van der Waals surface area contributed by atoms with E-state index < -0.39 is 0 Å². The highest BCUT2D eigenvalue weighted by Crippen LogP contribution is 2.23. The first kappa shape index (κ1) is 17.8. The highest BCUT2D eigenvalue weighted by atomic mass is 16.5. The zero-order valence-electron chi connectivity index (χ0n) is 14.5. The summed E-state index contributed by atoms with van der Waals surface area (Å²) in [7, 11) is 1.63. The number of aliphatic hydroxyl groups is 1. The van der Waals surface area contributed by atoms with Gasteiger partial charge in [0.25, 0.3) is 5.91 Å². The van der Waals surface area contributed by atoms with Gasteiger partial charge in [0.1, 0.15) is 5.75 Å². The summed E-state index contributed by atoms with van der Waals surface area (Å²) in [6.45, 7) is 8.20. The van der Waals surface area contributed by atoms with Crippen molar-refractivity contribution in [3.05, 3.63) is 59.9 Å². The molecule has 1 amide bonds. The smallest absolute Gasteiger partial charge is 0.256 e. The van der Waals surface area contributed by atoms with E-state index in [-0.39, 0.29) is 19.1 Å². The minimum atomic E-state index is -0.100. The van der Waals surface area contributed by atoms with E-state index >= 15 is 0 Å². The minimum absolute atomic E-state index is 0.0726. The molecule has 1 aromatic heterocycles. The van der Waals surface area contributed by atoms with E-state index in [9.17, 15) is 9.90 Å². The van der Waals surface area contributed by atoms with E-state index in [2.05, 4.69) is 6.58 Å². The van der Waals surface area contributed by atoms with Gasteiger partial charge in [-0.25, -0.2) is 0 Å². The summed E-state index contributed by atoms with van der Waals surface area (Å²) >= 11 is 0. The van der Waals surface area contributed by atoms with Crippen LogP contribution in [0.3, 0.4) is 0 Å². The first-order valence-electron chi connectivity index (χ1n) is 7.87. The topological polar surface area (TPSA) is 54.7 Å². The first-order valence-corrected chi connectivity index (χ1v) is 7.87. The molecule has 0 aliphatic carbocycles. The van der Waals surface area contributed by atoms with Crippen LogP contribution in [0, 0.1) is 13.8 Å². The quantitative estimate of drug-likeness (QED) is 0.795. The Morgan fingerprint density at radius 2 is 2.00 bits per heavy atom. The lowest BCUT2D eigenvalue weighted by Gasteiger charge is -2.20. The molecule has 0 aliphatic heterocycles. The Morgan fingerprint density at radius 3 is 2.54 bits per heavy atom. The predicted octanol–water partition coefficient (Wildman–Crippen LogP) is 2.72. The zero-order valence-corrected chi connectivity index (χ0v) is 14.5.